The summed E-state index contributed by atoms with van der Waals surface area (Å²) >= 11 is 1.74. The second-order valence-electron chi connectivity index (χ2n) is 6.49. The van der Waals surface area contributed by atoms with Gasteiger partial charge in [0.2, 0.25) is 0 Å². The summed E-state index contributed by atoms with van der Waals surface area (Å²) < 4.78 is 11.0. The van der Waals surface area contributed by atoms with E-state index in [0.717, 1.165) is 33.8 Å². The van der Waals surface area contributed by atoms with Gasteiger partial charge in [0, 0.05) is 11.1 Å². The fourth-order valence-corrected chi connectivity index (χ4v) is 4.47. The fraction of sp³-hybridized carbons (Fsp3) is 0.273. The first-order valence-corrected chi connectivity index (χ1v) is 9.28. The highest BCUT2D eigenvalue weighted by molar-refractivity contribution is 7.08. The van der Waals surface area contributed by atoms with Crippen LogP contribution in [0.25, 0.3) is 22.3 Å². The third-order valence-electron chi connectivity index (χ3n) is 4.61. The van der Waals surface area contributed by atoms with Crippen molar-refractivity contribution in [1.29, 1.82) is 0 Å². The van der Waals surface area contributed by atoms with Crippen LogP contribution in [-0.2, 0) is 0 Å². The maximum atomic E-state index is 5.51. The largest absolute Gasteiger partial charge is 0.496 e. The summed E-state index contributed by atoms with van der Waals surface area (Å²) in [5, 5.41) is 4.45. The molecule has 0 N–H and O–H groups in total. The van der Waals surface area contributed by atoms with Crippen LogP contribution in [0.2, 0.25) is 0 Å². The maximum absolute atomic E-state index is 5.51. The average molecular weight is 352 g/mol. The molecule has 0 saturated carbocycles. The van der Waals surface area contributed by atoms with Crippen LogP contribution in [-0.4, -0.2) is 14.2 Å². The highest BCUT2D eigenvalue weighted by Gasteiger charge is 2.14. The van der Waals surface area contributed by atoms with E-state index in [2.05, 4.69) is 62.7 Å². The number of methoxy groups -OCH3 is 2. The molecule has 0 spiro atoms. The molecule has 130 valence electrons. The predicted molar refractivity (Wildman–Crippen MR) is 107 cm³/mol. The quantitative estimate of drug-likeness (QED) is 0.546. The van der Waals surface area contributed by atoms with Crippen molar-refractivity contribution >= 4 is 11.3 Å². The van der Waals surface area contributed by atoms with Gasteiger partial charge in [-0.15, -0.1) is 0 Å². The number of benzene rings is 2. The zero-order valence-electron chi connectivity index (χ0n) is 15.7. The molecule has 0 radical (unpaired) electrons. The lowest BCUT2D eigenvalue weighted by Gasteiger charge is -2.14. The third-order valence-corrected chi connectivity index (χ3v) is 5.36. The number of aryl methyl sites for hydroxylation is 4. The first-order valence-electron chi connectivity index (χ1n) is 8.33. The standard InChI is InChI=1S/C22H24O2S/c1-13-7-17(8-14(2)21(13)23-5)19-11-25-12-20(19)18-9-15(3)22(24-6)16(4)10-18/h7-12H,1-6H3. The van der Waals surface area contributed by atoms with Gasteiger partial charge in [-0.2, -0.15) is 11.3 Å². The number of thiophene rings is 1. The molecule has 25 heavy (non-hydrogen) atoms. The molecule has 0 bridgehead atoms. The smallest absolute Gasteiger partial charge is 0.124 e. The van der Waals surface area contributed by atoms with E-state index in [1.165, 1.54) is 22.3 Å². The lowest BCUT2D eigenvalue weighted by molar-refractivity contribution is 0.408. The highest BCUT2D eigenvalue weighted by atomic mass is 32.1. The second kappa shape index (κ2) is 6.93. The monoisotopic (exact) mass is 352 g/mol. The zero-order chi connectivity index (χ0) is 18.1. The maximum Gasteiger partial charge on any atom is 0.124 e. The van der Waals surface area contributed by atoms with Crippen molar-refractivity contribution in [3.8, 4) is 33.8 Å². The summed E-state index contributed by atoms with van der Waals surface area (Å²) in [5.74, 6) is 1.94. The lowest BCUT2D eigenvalue weighted by atomic mass is 9.94. The molecule has 0 aliphatic rings. The normalized spacial score (nSPS) is 10.8. The Morgan fingerprint density at radius 2 is 0.920 bits per heavy atom. The van der Waals surface area contributed by atoms with Crippen LogP contribution < -0.4 is 9.47 Å². The van der Waals surface area contributed by atoms with E-state index >= 15 is 0 Å². The summed E-state index contributed by atoms with van der Waals surface area (Å²) in [7, 11) is 3.46. The highest BCUT2D eigenvalue weighted by Crippen LogP contribution is 2.40. The van der Waals surface area contributed by atoms with Gasteiger partial charge in [0.05, 0.1) is 14.2 Å². The Bertz CT molecular complexity index is 802. The summed E-state index contributed by atoms with van der Waals surface area (Å²) in [6.07, 6.45) is 0. The van der Waals surface area contributed by atoms with E-state index in [9.17, 15) is 0 Å². The summed E-state index contributed by atoms with van der Waals surface area (Å²) in [6.45, 7) is 8.40. The Morgan fingerprint density at radius 3 is 1.20 bits per heavy atom. The van der Waals surface area contributed by atoms with Gasteiger partial charge in [-0.25, -0.2) is 0 Å². The average Bonchev–Trinajstić information content (AvgIpc) is 3.03. The molecule has 1 aromatic heterocycles. The lowest BCUT2D eigenvalue weighted by Crippen LogP contribution is -1.93. The van der Waals surface area contributed by atoms with Gasteiger partial charge in [0.25, 0.3) is 0 Å². The zero-order valence-corrected chi connectivity index (χ0v) is 16.5. The van der Waals surface area contributed by atoms with E-state index in [-0.39, 0.29) is 0 Å². The topological polar surface area (TPSA) is 18.5 Å². The SMILES string of the molecule is COc1c(C)cc(-c2cscc2-c2cc(C)c(OC)c(C)c2)cc1C. The number of hydrogen-bond acceptors (Lipinski definition) is 3. The van der Waals surface area contributed by atoms with Crippen molar-refractivity contribution in [1.82, 2.24) is 0 Å². The van der Waals surface area contributed by atoms with Crippen molar-refractivity contribution in [3.05, 3.63) is 57.3 Å². The predicted octanol–water partition coefficient (Wildman–Crippen LogP) is 6.33. The molecule has 0 atom stereocenters. The molecule has 2 aromatic carbocycles. The number of ether oxygens (including phenoxy) is 2. The second-order valence-corrected chi connectivity index (χ2v) is 7.23. The van der Waals surface area contributed by atoms with Crippen LogP contribution in [0.3, 0.4) is 0 Å². The Balaban J connectivity index is 2.14. The molecule has 3 aromatic rings. The number of rotatable bonds is 4. The van der Waals surface area contributed by atoms with Gasteiger partial charge in [-0.1, -0.05) is 0 Å². The minimum atomic E-state index is 0.969. The molecule has 0 saturated heterocycles. The van der Waals surface area contributed by atoms with Gasteiger partial charge in [0.15, 0.2) is 0 Å². The molecule has 3 rings (SSSR count). The van der Waals surface area contributed by atoms with Gasteiger partial charge >= 0.3 is 0 Å². The molecule has 0 fully saturated rings. The van der Waals surface area contributed by atoms with Gasteiger partial charge in [-0.05, 0) is 96.1 Å². The van der Waals surface area contributed by atoms with Crippen molar-refractivity contribution in [2.24, 2.45) is 0 Å². The first kappa shape index (κ1) is 17.6. The summed E-state index contributed by atoms with van der Waals surface area (Å²) in [6, 6.07) is 8.84. The Hall–Kier alpha value is -2.26. The van der Waals surface area contributed by atoms with Gasteiger partial charge < -0.3 is 9.47 Å². The van der Waals surface area contributed by atoms with Crippen molar-refractivity contribution in [2.45, 2.75) is 27.7 Å². The van der Waals surface area contributed by atoms with Crippen LogP contribution in [0, 0.1) is 27.7 Å². The molecule has 0 aliphatic heterocycles. The van der Waals surface area contributed by atoms with Crippen LogP contribution >= 0.6 is 11.3 Å². The van der Waals surface area contributed by atoms with E-state index < -0.39 is 0 Å². The van der Waals surface area contributed by atoms with Crippen LogP contribution in [0.1, 0.15) is 22.3 Å². The molecular weight excluding hydrogens is 328 g/mol. The molecule has 1 heterocycles. The van der Waals surface area contributed by atoms with Gasteiger partial charge in [-0.3, -0.25) is 0 Å². The Kier molecular flexibility index (Phi) is 4.87. The minimum Gasteiger partial charge on any atom is -0.496 e. The molecule has 0 aliphatic carbocycles. The minimum absolute atomic E-state index is 0.969. The van der Waals surface area contributed by atoms with Crippen molar-refractivity contribution < 1.29 is 9.47 Å². The molecule has 3 heteroatoms. The Morgan fingerprint density at radius 1 is 0.600 bits per heavy atom. The van der Waals surface area contributed by atoms with Crippen LogP contribution in [0.5, 0.6) is 11.5 Å². The van der Waals surface area contributed by atoms with Gasteiger partial charge in [0.1, 0.15) is 11.5 Å². The van der Waals surface area contributed by atoms with Crippen molar-refractivity contribution in [2.75, 3.05) is 14.2 Å². The van der Waals surface area contributed by atoms with E-state index in [4.69, 9.17) is 9.47 Å². The molecule has 2 nitrogen and oxygen atoms in total. The number of hydrogen-bond donors (Lipinski definition) is 0. The Labute approximate surface area is 154 Å². The van der Waals surface area contributed by atoms with E-state index in [1.54, 1.807) is 25.6 Å². The molecular formula is C22H24O2S. The fourth-order valence-electron chi connectivity index (χ4n) is 3.60. The molecule has 0 amide bonds. The van der Waals surface area contributed by atoms with Crippen LogP contribution in [0.15, 0.2) is 35.0 Å². The van der Waals surface area contributed by atoms with E-state index in [1.807, 2.05) is 0 Å². The third kappa shape index (κ3) is 3.16. The summed E-state index contributed by atoms with van der Waals surface area (Å²) in [4.78, 5) is 0. The van der Waals surface area contributed by atoms with E-state index in [0.29, 0.717) is 0 Å². The summed E-state index contributed by atoms with van der Waals surface area (Å²) in [5.41, 5.74) is 9.66. The first-order chi connectivity index (χ1) is 12.0. The molecule has 0 unspecified atom stereocenters. The van der Waals surface area contributed by atoms with Crippen LogP contribution in [0.4, 0.5) is 0 Å². The van der Waals surface area contributed by atoms with Crippen molar-refractivity contribution in [3.63, 3.8) is 0 Å².